The van der Waals surface area contributed by atoms with E-state index >= 15 is 0 Å². The monoisotopic (exact) mass is 413 g/mol. The van der Waals surface area contributed by atoms with Crippen LogP contribution in [0.15, 0.2) is 42.1 Å². The molecule has 2 bridgehead atoms. The highest BCUT2D eigenvalue weighted by atomic mass is 19.4. The van der Waals surface area contributed by atoms with E-state index < -0.39 is 11.7 Å². The molecule has 0 spiro atoms. The maximum absolute atomic E-state index is 12.8. The van der Waals surface area contributed by atoms with Crippen LogP contribution in [-0.2, 0) is 19.1 Å². The van der Waals surface area contributed by atoms with Gasteiger partial charge < -0.3 is 0 Å². The van der Waals surface area contributed by atoms with Gasteiger partial charge in [0.2, 0.25) is 0 Å². The van der Waals surface area contributed by atoms with Crippen molar-refractivity contribution < 1.29 is 13.2 Å². The Morgan fingerprint density at radius 2 is 1.93 bits per heavy atom. The van der Waals surface area contributed by atoms with Crippen LogP contribution in [0.4, 0.5) is 13.2 Å². The lowest BCUT2D eigenvalue weighted by Crippen LogP contribution is -2.50. The zero-order valence-corrected chi connectivity index (χ0v) is 17.3. The Labute approximate surface area is 175 Å². The molecule has 30 heavy (non-hydrogen) atoms. The van der Waals surface area contributed by atoms with Crippen molar-refractivity contribution in [2.75, 3.05) is 13.1 Å². The topological polar surface area (TPSA) is 29.0 Å². The van der Waals surface area contributed by atoms with Crippen molar-refractivity contribution in [3.05, 3.63) is 58.9 Å². The first-order valence-corrected chi connectivity index (χ1v) is 10.7. The number of allylic oxidation sites excluding steroid dienone is 1. The summed E-state index contributed by atoms with van der Waals surface area (Å²) in [6, 6.07) is 5.07. The first-order chi connectivity index (χ1) is 14.2. The molecule has 0 N–H and O–H groups in total. The third-order valence-corrected chi connectivity index (χ3v) is 7.47. The maximum Gasteiger partial charge on any atom is 0.416 e. The van der Waals surface area contributed by atoms with E-state index in [4.69, 9.17) is 0 Å². The van der Waals surface area contributed by atoms with Crippen molar-refractivity contribution in [2.24, 2.45) is 17.3 Å². The van der Waals surface area contributed by atoms with Crippen molar-refractivity contribution in [1.29, 1.82) is 0 Å². The van der Waals surface area contributed by atoms with Gasteiger partial charge in [-0.05, 0) is 42.2 Å². The Morgan fingerprint density at radius 3 is 2.60 bits per heavy atom. The molecule has 4 aliphatic rings. The predicted octanol–water partition coefficient (Wildman–Crippen LogP) is 5.51. The molecule has 0 saturated heterocycles. The van der Waals surface area contributed by atoms with E-state index in [0.29, 0.717) is 16.8 Å². The predicted molar refractivity (Wildman–Crippen MR) is 110 cm³/mol. The molecule has 3 aliphatic carbocycles. The fraction of sp³-hybridized carbons (Fsp3) is 0.500. The van der Waals surface area contributed by atoms with Gasteiger partial charge in [0, 0.05) is 43.4 Å². The standard InChI is InChI=1S/C24H26F3N3/c1-23(2)19-8-5-16(20(23)11-19)13-30-10-9-21-17(14-30)12-28-22(29-21)15-3-6-18(7-4-15)24(25,26)27/h3-7,12,19-20H,8-11,13-14H2,1-2H3. The van der Waals surface area contributed by atoms with E-state index in [1.165, 1.54) is 25.0 Å². The number of rotatable bonds is 3. The third-order valence-electron chi connectivity index (χ3n) is 7.47. The van der Waals surface area contributed by atoms with E-state index in [9.17, 15) is 13.2 Å². The molecule has 3 nitrogen and oxygen atoms in total. The minimum atomic E-state index is -4.33. The fourth-order valence-corrected chi connectivity index (χ4v) is 5.37. The van der Waals surface area contributed by atoms with Crippen LogP contribution in [0.1, 0.15) is 43.5 Å². The Bertz CT molecular complexity index is 992. The van der Waals surface area contributed by atoms with Crippen molar-refractivity contribution in [3.8, 4) is 11.4 Å². The summed E-state index contributed by atoms with van der Waals surface area (Å²) in [5.41, 5.74) is 4.13. The Hall–Kier alpha value is -2.21. The summed E-state index contributed by atoms with van der Waals surface area (Å²) in [5, 5.41) is 0. The summed E-state index contributed by atoms with van der Waals surface area (Å²) in [4.78, 5) is 11.6. The maximum atomic E-state index is 12.8. The molecule has 1 aromatic carbocycles. The molecule has 6 heteroatoms. The second kappa shape index (κ2) is 6.91. The Kier molecular flexibility index (Phi) is 4.54. The van der Waals surface area contributed by atoms with Crippen LogP contribution < -0.4 is 0 Å². The molecule has 0 radical (unpaired) electrons. The summed E-state index contributed by atoms with van der Waals surface area (Å²) in [6.45, 7) is 7.60. The Balaban J connectivity index is 1.29. The van der Waals surface area contributed by atoms with Crippen LogP contribution in [0.5, 0.6) is 0 Å². The zero-order chi connectivity index (χ0) is 21.1. The minimum Gasteiger partial charge on any atom is -0.295 e. The number of aromatic nitrogens is 2. The van der Waals surface area contributed by atoms with E-state index in [1.807, 2.05) is 6.20 Å². The van der Waals surface area contributed by atoms with Crippen LogP contribution in [0, 0.1) is 17.3 Å². The first-order valence-electron chi connectivity index (χ1n) is 10.7. The molecule has 1 aromatic heterocycles. The lowest BCUT2D eigenvalue weighted by atomic mass is 9.49. The third kappa shape index (κ3) is 3.35. The lowest BCUT2D eigenvalue weighted by molar-refractivity contribution is -0.137. The van der Waals surface area contributed by atoms with Gasteiger partial charge in [0.1, 0.15) is 0 Å². The summed E-state index contributed by atoms with van der Waals surface area (Å²) in [5.74, 6) is 2.06. The van der Waals surface area contributed by atoms with Crippen LogP contribution in [0.25, 0.3) is 11.4 Å². The second-order valence-corrected chi connectivity index (χ2v) is 9.52. The molecular formula is C24H26F3N3. The smallest absolute Gasteiger partial charge is 0.295 e. The van der Waals surface area contributed by atoms with Gasteiger partial charge in [-0.15, -0.1) is 0 Å². The number of alkyl halides is 3. The van der Waals surface area contributed by atoms with Gasteiger partial charge in [-0.3, -0.25) is 4.90 Å². The molecule has 0 amide bonds. The van der Waals surface area contributed by atoms with Gasteiger partial charge in [0.25, 0.3) is 0 Å². The van der Waals surface area contributed by atoms with Gasteiger partial charge in [0.15, 0.2) is 5.82 Å². The molecule has 2 atom stereocenters. The van der Waals surface area contributed by atoms with Gasteiger partial charge in [-0.1, -0.05) is 37.6 Å². The number of benzene rings is 1. The molecule has 6 rings (SSSR count). The van der Waals surface area contributed by atoms with E-state index in [0.717, 1.165) is 61.3 Å². The summed E-state index contributed by atoms with van der Waals surface area (Å²) in [7, 11) is 0. The van der Waals surface area contributed by atoms with Crippen LogP contribution in [-0.4, -0.2) is 28.0 Å². The van der Waals surface area contributed by atoms with Gasteiger partial charge >= 0.3 is 6.18 Å². The van der Waals surface area contributed by atoms with Crippen molar-refractivity contribution >= 4 is 0 Å². The number of hydrogen-bond donors (Lipinski definition) is 0. The highest BCUT2D eigenvalue weighted by Crippen LogP contribution is 2.59. The molecule has 158 valence electrons. The normalized spacial score (nSPS) is 25.3. The molecule has 2 heterocycles. The average Bonchev–Trinajstić information content (AvgIpc) is 2.73. The zero-order valence-electron chi connectivity index (χ0n) is 17.3. The molecular weight excluding hydrogens is 387 g/mol. The van der Waals surface area contributed by atoms with Crippen LogP contribution in [0.2, 0.25) is 0 Å². The fourth-order valence-electron chi connectivity index (χ4n) is 5.37. The largest absolute Gasteiger partial charge is 0.416 e. The van der Waals surface area contributed by atoms with E-state index in [2.05, 4.69) is 34.8 Å². The molecule has 1 aliphatic heterocycles. The highest BCUT2D eigenvalue weighted by Gasteiger charge is 2.51. The number of halogens is 3. The summed E-state index contributed by atoms with van der Waals surface area (Å²) in [6.07, 6.45) is 3.37. The quantitative estimate of drug-likeness (QED) is 0.621. The first kappa shape index (κ1) is 19.7. The van der Waals surface area contributed by atoms with Gasteiger partial charge in [-0.25, -0.2) is 9.97 Å². The number of hydrogen-bond acceptors (Lipinski definition) is 3. The van der Waals surface area contributed by atoms with Crippen molar-refractivity contribution in [2.45, 2.75) is 45.8 Å². The van der Waals surface area contributed by atoms with Gasteiger partial charge in [-0.2, -0.15) is 13.2 Å². The SMILES string of the molecule is CC1(C)C2CC=C(CN3CCc4nc(-c5ccc(C(F)(F)F)cc5)ncc4C3)C1C2. The van der Waals surface area contributed by atoms with E-state index in [1.54, 1.807) is 5.57 Å². The van der Waals surface area contributed by atoms with Crippen LogP contribution >= 0.6 is 0 Å². The minimum absolute atomic E-state index is 0.442. The molecule has 1 saturated carbocycles. The van der Waals surface area contributed by atoms with Gasteiger partial charge in [0.05, 0.1) is 11.3 Å². The highest BCUT2D eigenvalue weighted by molar-refractivity contribution is 5.56. The van der Waals surface area contributed by atoms with Crippen molar-refractivity contribution in [1.82, 2.24) is 14.9 Å². The molecule has 2 unspecified atom stereocenters. The number of nitrogens with zero attached hydrogens (tertiary/aromatic N) is 3. The Morgan fingerprint density at radius 1 is 1.17 bits per heavy atom. The average molecular weight is 413 g/mol. The second-order valence-electron chi connectivity index (χ2n) is 9.52. The number of fused-ring (bicyclic) bond motifs is 2. The van der Waals surface area contributed by atoms with Crippen molar-refractivity contribution in [3.63, 3.8) is 0 Å². The van der Waals surface area contributed by atoms with Crippen LogP contribution in [0.3, 0.4) is 0 Å². The molecule has 2 aromatic rings. The van der Waals surface area contributed by atoms with E-state index in [-0.39, 0.29) is 0 Å². The molecule has 1 fully saturated rings. The summed E-state index contributed by atoms with van der Waals surface area (Å²) >= 11 is 0. The lowest BCUT2D eigenvalue weighted by Gasteiger charge is -2.57. The summed E-state index contributed by atoms with van der Waals surface area (Å²) < 4.78 is 38.3.